The molecule has 0 aromatic heterocycles. The SMILES string of the molecule is N[C@H]1C2CC3CC1C[C@@](OC(F)F)(C3)C2. The topological polar surface area (TPSA) is 35.2 Å². The molecule has 4 aliphatic rings. The molecule has 86 valence electrons. The number of rotatable bonds is 2. The Balaban J connectivity index is 1.83. The van der Waals surface area contributed by atoms with Gasteiger partial charge >= 0.3 is 6.61 Å². The molecule has 4 fully saturated rings. The summed E-state index contributed by atoms with van der Waals surface area (Å²) in [5.74, 6) is 1.44. The highest BCUT2D eigenvalue weighted by Gasteiger charge is 2.55. The van der Waals surface area contributed by atoms with Gasteiger partial charge in [0.2, 0.25) is 0 Å². The van der Waals surface area contributed by atoms with E-state index in [-0.39, 0.29) is 6.04 Å². The van der Waals surface area contributed by atoms with E-state index in [1.807, 2.05) is 0 Å². The first kappa shape index (κ1) is 9.97. The van der Waals surface area contributed by atoms with Gasteiger partial charge in [-0.3, -0.25) is 0 Å². The first-order valence-electron chi connectivity index (χ1n) is 5.79. The van der Waals surface area contributed by atoms with Gasteiger partial charge in [0.25, 0.3) is 0 Å². The molecular formula is C11H17F2NO. The van der Waals surface area contributed by atoms with E-state index in [0.717, 1.165) is 32.1 Å². The number of nitrogens with two attached hydrogens (primary N) is 1. The van der Waals surface area contributed by atoms with Crippen molar-refractivity contribution in [2.45, 2.75) is 50.4 Å². The minimum Gasteiger partial charge on any atom is -0.327 e. The Labute approximate surface area is 88.2 Å². The fourth-order valence-corrected chi connectivity index (χ4v) is 4.32. The highest BCUT2D eigenvalue weighted by molar-refractivity contribution is 5.07. The summed E-state index contributed by atoms with van der Waals surface area (Å²) in [7, 11) is 0. The van der Waals surface area contributed by atoms with Gasteiger partial charge in [0.15, 0.2) is 0 Å². The molecule has 15 heavy (non-hydrogen) atoms. The Kier molecular flexibility index (Phi) is 2.09. The average Bonchev–Trinajstić information content (AvgIpc) is 2.10. The molecule has 0 saturated heterocycles. The third-order valence-corrected chi connectivity index (χ3v) is 4.63. The second-order valence-corrected chi connectivity index (χ2v) is 5.61. The Bertz CT molecular complexity index is 251. The molecule has 2 unspecified atom stereocenters. The molecule has 2 atom stereocenters. The van der Waals surface area contributed by atoms with Crippen LogP contribution in [0, 0.1) is 17.8 Å². The van der Waals surface area contributed by atoms with Gasteiger partial charge < -0.3 is 10.5 Å². The lowest BCUT2D eigenvalue weighted by Gasteiger charge is -2.58. The van der Waals surface area contributed by atoms with Gasteiger partial charge in [-0.25, -0.2) is 0 Å². The number of halogens is 2. The normalized spacial score (nSPS) is 52.8. The molecule has 4 heteroatoms. The molecule has 2 nitrogen and oxygen atoms in total. The lowest BCUT2D eigenvalue weighted by atomic mass is 9.52. The summed E-state index contributed by atoms with van der Waals surface area (Å²) in [5, 5.41) is 0. The monoisotopic (exact) mass is 217 g/mol. The van der Waals surface area contributed by atoms with Crippen LogP contribution in [-0.4, -0.2) is 18.3 Å². The summed E-state index contributed by atoms with van der Waals surface area (Å²) in [6.45, 7) is -2.63. The van der Waals surface area contributed by atoms with Crippen LogP contribution in [0.5, 0.6) is 0 Å². The highest BCUT2D eigenvalue weighted by Crippen LogP contribution is 2.56. The minimum atomic E-state index is -2.63. The van der Waals surface area contributed by atoms with Crippen LogP contribution in [0.1, 0.15) is 32.1 Å². The van der Waals surface area contributed by atoms with Gasteiger partial charge in [0.1, 0.15) is 0 Å². The zero-order chi connectivity index (χ0) is 10.6. The Morgan fingerprint density at radius 1 is 1.13 bits per heavy atom. The van der Waals surface area contributed by atoms with E-state index in [9.17, 15) is 8.78 Å². The third-order valence-electron chi connectivity index (χ3n) is 4.63. The van der Waals surface area contributed by atoms with E-state index in [2.05, 4.69) is 0 Å². The van der Waals surface area contributed by atoms with Gasteiger partial charge in [-0.1, -0.05) is 0 Å². The van der Waals surface area contributed by atoms with Gasteiger partial charge in [0.05, 0.1) is 5.60 Å². The maximum Gasteiger partial charge on any atom is 0.345 e. The van der Waals surface area contributed by atoms with Gasteiger partial charge in [0, 0.05) is 6.04 Å². The van der Waals surface area contributed by atoms with Crippen LogP contribution in [0.15, 0.2) is 0 Å². The first-order valence-corrected chi connectivity index (χ1v) is 5.79. The predicted molar refractivity (Wildman–Crippen MR) is 51.4 cm³/mol. The van der Waals surface area contributed by atoms with Crippen LogP contribution in [-0.2, 0) is 4.74 Å². The number of hydrogen-bond donors (Lipinski definition) is 1. The van der Waals surface area contributed by atoms with E-state index in [0.29, 0.717) is 17.8 Å². The molecule has 0 aliphatic heterocycles. The van der Waals surface area contributed by atoms with Crippen LogP contribution >= 0.6 is 0 Å². The molecule has 0 aromatic rings. The summed E-state index contributed by atoms with van der Waals surface area (Å²) >= 11 is 0. The Morgan fingerprint density at radius 2 is 1.73 bits per heavy atom. The molecule has 0 spiro atoms. The number of ether oxygens (including phenoxy) is 1. The van der Waals surface area contributed by atoms with Crippen molar-refractivity contribution in [1.82, 2.24) is 0 Å². The molecule has 0 aromatic carbocycles. The summed E-state index contributed by atoms with van der Waals surface area (Å²) < 4.78 is 29.7. The molecule has 4 rings (SSSR count). The number of hydrogen-bond acceptors (Lipinski definition) is 2. The summed E-state index contributed by atoms with van der Waals surface area (Å²) in [5.41, 5.74) is 5.59. The summed E-state index contributed by atoms with van der Waals surface area (Å²) in [4.78, 5) is 0. The van der Waals surface area contributed by atoms with Crippen molar-refractivity contribution in [1.29, 1.82) is 0 Å². The zero-order valence-corrected chi connectivity index (χ0v) is 8.66. The fraction of sp³-hybridized carbons (Fsp3) is 1.00. The number of alkyl halides is 2. The zero-order valence-electron chi connectivity index (χ0n) is 8.66. The van der Waals surface area contributed by atoms with Crippen LogP contribution in [0.25, 0.3) is 0 Å². The Morgan fingerprint density at radius 3 is 2.27 bits per heavy atom. The van der Waals surface area contributed by atoms with Crippen molar-refractivity contribution in [3.63, 3.8) is 0 Å². The van der Waals surface area contributed by atoms with E-state index >= 15 is 0 Å². The van der Waals surface area contributed by atoms with E-state index < -0.39 is 12.2 Å². The first-order chi connectivity index (χ1) is 7.08. The molecular weight excluding hydrogens is 200 g/mol. The highest BCUT2D eigenvalue weighted by atomic mass is 19.3. The van der Waals surface area contributed by atoms with Crippen molar-refractivity contribution in [2.75, 3.05) is 0 Å². The molecule has 0 heterocycles. The minimum absolute atomic E-state index is 0.232. The fourth-order valence-electron chi connectivity index (χ4n) is 4.32. The smallest absolute Gasteiger partial charge is 0.327 e. The lowest BCUT2D eigenvalue weighted by Crippen LogP contribution is -2.60. The largest absolute Gasteiger partial charge is 0.345 e. The van der Waals surface area contributed by atoms with Gasteiger partial charge in [-0.05, 0) is 49.9 Å². The van der Waals surface area contributed by atoms with Crippen molar-refractivity contribution in [3.05, 3.63) is 0 Å². The van der Waals surface area contributed by atoms with Crippen LogP contribution < -0.4 is 5.73 Å². The maximum atomic E-state index is 12.4. The van der Waals surface area contributed by atoms with Crippen molar-refractivity contribution < 1.29 is 13.5 Å². The molecule has 0 radical (unpaired) electrons. The molecule has 0 amide bonds. The predicted octanol–water partition coefficient (Wildman–Crippen LogP) is 2.13. The maximum absolute atomic E-state index is 12.4. The molecule has 2 N–H and O–H groups in total. The van der Waals surface area contributed by atoms with Crippen molar-refractivity contribution in [2.24, 2.45) is 23.5 Å². The van der Waals surface area contributed by atoms with E-state index in [1.54, 1.807) is 0 Å². The second-order valence-electron chi connectivity index (χ2n) is 5.61. The molecule has 4 saturated carbocycles. The summed E-state index contributed by atoms with van der Waals surface area (Å²) in [6, 6.07) is 0.232. The van der Waals surface area contributed by atoms with Crippen molar-refractivity contribution in [3.8, 4) is 0 Å². The molecule has 4 aliphatic carbocycles. The average molecular weight is 217 g/mol. The van der Waals surface area contributed by atoms with Gasteiger partial charge in [-0.15, -0.1) is 0 Å². The van der Waals surface area contributed by atoms with E-state index in [1.165, 1.54) is 0 Å². The van der Waals surface area contributed by atoms with Crippen LogP contribution in [0.3, 0.4) is 0 Å². The third kappa shape index (κ3) is 1.49. The van der Waals surface area contributed by atoms with Crippen LogP contribution in [0.2, 0.25) is 0 Å². The van der Waals surface area contributed by atoms with E-state index in [4.69, 9.17) is 10.5 Å². The van der Waals surface area contributed by atoms with Crippen molar-refractivity contribution >= 4 is 0 Å². The second kappa shape index (κ2) is 3.14. The van der Waals surface area contributed by atoms with Crippen LogP contribution in [0.4, 0.5) is 8.78 Å². The Hall–Kier alpha value is -0.220. The van der Waals surface area contributed by atoms with Gasteiger partial charge in [-0.2, -0.15) is 8.78 Å². The lowest BCUT2D eigenvalue weighted by molar-refractivity contribution is -0.259. The summed E-state index contributed by atoms with van der Waals surface area (Å²) in [6.07, 6.45) is 4.60. The molecule has 4 bridgehead atoms. The quantitative estimate of drug-likeness (QED) is 0.769. The standard InChI is InChI=1S/C11H17F2NO/c12-10(13)15-11-3-6-1-7(4-11)9(14)8(2-6)5-11/h6-10H,1-5,14H2/t6?,7?,8?,9-,11+.